The van der Waals surface area contributed by atoms with Crippen molar-refractivity contribution in [3.63, 3.8) is 0 Å². The highest BCUT2D eigenvalue weighted by Gasteiger charge is 2.22. The molecule has 1 aliphatic rings. The van der Waals surface area contributed by atoms with E-state index in [2.05, 4.69) is 0 Å². The predicted octanol–water partition coefficient (Wildman–Crippen LogP) is -1.78. The van der Waals surface area contributed by atoms with Crippen molar-refractivity contribution in [1.29, 1.82) is 0 Å². The summed E-state index contributed by atoms with van der Waals surface area (Å²) in [6, 6.07) is -1.01. The van der Waals surface area contributed by atoms with E-state index in [0.717, 1.165) is 0 Å². The molecule has 1 rings (SSSR count). The Morgan fingerprint density at radius 3 is 3.00 bits per heavy atom. The van der Waals surface area contributed by atoms with Crippen molar-refractivity contribution >= 4 is 5.97 Å². The molecule has 0 saturated carbocycles. The topological polar surface area (TPSA) is 91.0 Å². The average molecular weight is 191 g/mol. The lowest BCUT2D eigenvalue weighted by Crippen LogP contribution is -2.41. The summed E-state index contributed by atoms with van der Waals surface area (Å²) in [7, 11) is 0. The van der Waals surface area contributed by atoms with Crippen molar-refractivity contribution in [3.05, 3.63) is 0 Å². The Morgan fingerprint density at radius 1 is 1.69 bits per heavy atom. The van der Waals surface area contributed by atoms with Crippen LogP contribution in [0, 0.1) is 0 Å². The van der Waals surface area contributed by atoms with Gasteiger partial charge in [0.15, 0.2) is 0 Å². The Labute approximate surface area is 75.6 Å². The van der Waals surface area contributed by atoms with Crippen LogP contribution in [-0.2, 0) is 19.0 Å². The molecular formula is C7H13NO5. The molecule has 0 spiro atoms. The maximum atomic E-state index is 11.0. The molecule has 0 radical (unpaired) electrons. The molecule has 1 fully saturated rings. The van der Waals surface area contributed by atoms with Crippen LogP contribution in [0.3, 0.4) is 0 Å². The highest BCUT2D eigenvalue weighted by molar-refractivity contribution is 5.75. The third-order valence-corrected chi connectivity index (χ3v) is 1.53. The number of rotatable bonds is 3. The smallest absolute Gasteiger partial charge is 0.327 e. The zero-order valence-corrected chi connectivity index (χ0v) is 7.14. The standard InChI is InChI=1S/C7H13NO5/c8-5(3-9)7(10)13-6-4-11-1-2-12-6/h5-6,9H,1-4,8H2/t5-,6?/m0/s1. The van der Waals surface area contributed by atoms with E-state index in [1.807, 2.05) is 0 Å². The van der Waals surface area contributed by atoms with Crippen LogP contribution in [0.2, 0.25) is 0 Å². The van der Waals surface area contributed by atoms with Crippen LogP contribution < -0.4 is 5.73 Å². The van der Waals surface area contributed by atoms with E-state index in [1.165, 1.54) is 0 Å². The molecule has 0 amide bonds. The molecule has 0 aromatic rings. The first-order valence-electron chi connectivity index (χ1n) is 4.00. The molecule has 6 nitrogen and oxygen atoms in total. The van der Waals surface area contributed by atoms with Gasteiger partial charge < -0.3 is 25.1 Å². The summed E-state index contributed by atoms with van der Waals surface area (Å²) in [5, 5.41) is 8.54. The molecule has 0 aromatic heterocycles. The molecule has 76 valence electrons. The highest BCUT2D eigenvalue weighted by Crippen LogP contribution is 2.03. The van der Waals surface area contributed by atoms with Gasteiger partial charge in [-0.05, 0) is 0 Å². The molecule has 0 aromatic carbocycles. The van der Waals surface area contributed by atoms with Gasteiger partial charge in [-0.3, -0.25) is 4.79 Å². The Balaban J connectivity index is 2.26. The Hall–Kier alpha value is -0.690. The number of aliphatic hydroxyl groups is 1. The maximum Gasteiger partial charge on any atom is 0.327 e. The quantitative estimate of drug-likeness (QED) is 0.512. The number of carbonyl (C=O) groups is 1. The lowest BCUT2D eigenvalue weighted by molar-refractivity contribution is -0.215. The van der Waals surface area contributed by atoms with Crippen LogP contribution in [-0.4, -0.2) is 49.8 Å². The number of hydrogen-bond acceptors (Lipinski definition) is 6. The number of hydrogen-bond donors (Lipinski definition) is 2. The molecule has 1 heterocycles. The molecular weight excluding hydrogens is 178 g/mol. The summed E-state index contributed by atoms with van der Waals surface area (Å²) in [5.41, 5.74) is 5.21. The van der Waals surface area contributed by atoms with E-state index in [4.69, 9.17) is 25.1 Å². The van der Waals surface area contributed by atoms with Crippen LogP contribution in [0.15, 0.2) is 0 Å². The van der Waals surface area contributed by atoms with Crippen molar-refractivity contribution in [1.82, 2.24) is 0 Å². The van der Waals surface area contributed by atoms with Crippen molar-refractivity contribution in [2.45, 2.75) is 12.3 Å². The molecule has 3 N–H and O–H groups in total. The van der Waals surface area contributed by atoms with Gasteiger partial charge in [-0.2, -0.15) is 0 Å². The van der Waals surface area contributed by atoms with Gasteiger partial charge in [0.05, 0.1) is 19.8 Å². The van der Waals surface area contributed by atoms with Crippen LogP contribution >= 0.6 is 0 Å². The van der Waals surface area contributed by atoms with Crippen molar-refractivity contribution < 1.29 is 24.1 Å². The summed E-state index contributed by atoms with van der Waals surface area (Å²) >= 11 is 0. The third kappa shape index (κ3) is 3.27. The first kappa shape index (κ1) is 10.4. The Bertz CT molecular complexity index is 168. The van der Waals surface area contributed by atoms with Crippen LogP contribution in [0.25, 0.3) is 0 Å². The van der Waals surface area contributed by atoms with E-state index < -0.39 is 24.9 Å². The summed E-state index contributed by atoms with van der Waals surface area (Å²) in [4.78, 5) is 11.0. The Morgan fingerprint density at radius 2 is 2.46 bits per heavy atom. The molecule has 0 aliphatic carbocycles. The average Bonchev–Trinajstić information content (AvgIpc) is 2.18. The fourth-order valence-electron chi connectivity index (χ4n) is 0.826. The molecule has 1 aliphatic heterocycles. The molecule has 13 heavy (non-hydrogen) atoms. The van der Waals surface area contributed by atoms with Crippen LogP contribution in [0.1, 0.15) is 0 Å². The van der Waals surface area contributed by atoms with Gasteiger partial charge in [0, 0.05) is 0 Å². The van der Waals surface area contributed by atoms with E-state index in [1.54, 1.807) is 0 Å². The SMILES string of the molecule is N[C@@H](CO)C(=O)OC1COCCO1. The summed E-state index contributed by atoms with van der Waals surface area (Å²) < 4.78 is 14.8. The second-order valence-electron chi connectivity index (χ2n) is 2.60. The van der Waals surface area contributed by atoms with Gasteiger partial charge >= 0.3 is 5.97 Å². The minimum atomic E-state index is -1.01. The number of nitrogens with two attached hydrogens (primary N) is 1. The summed E-state index contributed by atoms with van der Waals surface area (Å²) in [6.07, 6.45) is -0.696. The maximum absolute atomic E-state index is 11.0. The van der Waals surface area contributed by atoms with Crippen LogP contribution in [0.4, 0.5) is 0 Å². The van der Waals surface area contributed by atoms with E-state index in [9.17, 15) is 4.79 Å². The normalized spacial score (nSPS) is 25.2. The fraction of sp³-hybridized carbons (Fsp3) is 0.857. The van der Waals surface area contributed by atoms with Gasteiger partial charge in [-0.1, -0.05) is 0 Å². The van der Waals surface area contributed by atoms with E-state index >= 15 is 0 Å². The van der Waals surface area contributed by atoms with Gasteiger partial charge in [-0.15, -0.1) is 0 Å². The molecule has 1 saturated heterocycles. The molecule has 6 heteroatoms. The second kappa shape index (κ2) is 5.13. The first-order chi connectivity index (χ1) is 6.24. The van der Waals surface area contributed by atoms with Gasteiger partial charge in [0.1, 0.15) is 12.6 Å². The number of esters is 1. The number of carbonyl (C=O) groups excluding carboxylic acids is 1. The fourth-order valence-corrected chi connectivity index (χ4v) is 0.826. The third-order valence-electron chi connectivity index (χ3n) is 1.53. The van der Waals surface area contributed by atoms with Crippen LogP contribution in [0.5, 0.6) is 0 Å². The largest absolute Gasteiger partial charge is 0.432 e. The minimum absolute atomic E-state index is 0.212. The Kier molecular flexibility index (Phi) is 4.10. The predicted molar refractivity (Wildman–Crippen MR) is 41.7 cm³/mol. The molecule has 1 unspecified atom stereocenters. The minimum Gasteiger partial charge on any atom is -0.432 e. The van der Waals surface area contributed by atoms with Gasteiger partial charge in [-0.25, -0.2) is 0 Å². The summed E-state index contributed by atoms with van der Waals surface area (Å²) in [6.45, 7) is 0.669. The van der Waals surface area contributed by atoms with E-state index in [-0.39, 0.29) is 6.61 Å². The van der Waals surface area contributed by atoms with Crippen molar-refractivity contribution in [3.8, 4) is 0 Å². The highest BCUT2D eigenvalue weighted by atomic mass is 16.7. The molecule has 2 atom stereocenters. The zero-order valence-electron chi connectivity index (χ0n) is 7.14. The summed E-state index contributed by atoms with van der Waals surface area (Å²) in [5.74, 6) is -0.682. The second-order valence-corrected chi connectivity index (χ2v) is 2.60. The van der Waals surface area contributed by atoms with Gasteiger partial charge in [0.25, 0.3) is 0 Å². The molecule has 0 bridgehead atoms. The number of ether oxygens (including phenoxy) is 3. The zero-order chi connectivity index (χ0) is 9.68. The van der Waals surface area contributed by atoms with Gasteiger partial charge in [0.2, 0.25) is 6.29 Å². The first-order valence-corrected chi connectivity index (χ1v) is 4.00. The van der Waals surface area contributed by atoms with Crippen molar-refractivity contribution in [2.75, 3.05) is 26.4 Å². The number of aliphatic hydroxyl groups excluding tert-OH is 1. The van der Waals surface area contributed by atoms with Crippen molar-refractivity contribution in [2.24, 2.45) is 5.73 Å². The monoisotopic (exact) mass is 191 g/mol. The van der Waals surface area contributed by atoms with E-state index in [0.29, 0.717) is 13.2 Å². The lowest BCUT2D eigenvalue weighted by atomic mass is 10.3. The lowest BCUT2D eigenvalue weighted by Gasteiger charge is -2.23.